The summed E-state index contributed by atoms with van der Waals surface area (Å²) in [5.74, 6) is 3.64. The molecule has 0 bridgehead atoms. The molecule has 0 atom stereocenters. The van der Waals surface area contributed by atoms with Crippen molar-refractivity contribution < 1.29 is 14.2 Å². The van der Waals surface area contributed by atoms with Crippen molar-refractivity contribution in [3.8, 4) is 17.2 Å². The molecule has 0 saturated carbocycles. The van der Waals surface area contributed by atoms with E-state index in [2.05, 4.69) is 29.2 Å². The van der Waals surface area contributed by atoms with Crippen molar-refractivity contribution in [2.24, 2.45) is 4.99 Å². The molecule has 0 aliphatic carbocycles. The van der Waals surface area contributed by atoms with Gasteiger partial charge in [-0.15, -0.1) is 0 Å². The smallest absolute Gasteiger partial charge is 0.231 e. The summed E-state index contributed by atoms with van der Waals surface area (Å²) in [6, 6.07) is 14.4. The first-order chi connectivity index (χ1) is 12.8. The summed E-state index contributed by atoms with van der Waals surface area (Å²) in [7, 11) is 1.70. The Bertz CT molecular complexity index is 809. The minimum Gasteiger partial charge on any atom is -0.497 e. The van der Waals surface area contributed by atoms with E-state index in [1.165, 1.54) is 11.1 Å². The molecule has 2 aromatic carbocycles. The predicted octanol–water partition coefficient (Wildman–Crippen LogP) is 3.92. The van der Waals surface area contributed by atoms with Crippen molar-refractivity contribution in [2.75, 3.05) is 26.2 Å². The lowest BCUT2D eigenvalue weighted by Crippen LogP contribution is -2.30. The van der Waals surface area contributed by atoms with E-state index in [1.54, 1.807) is 7.11 Å². The van der Waals surface area contributed by atoms with Gasteiger partial charge in [0.05, 0.1) is 7.11 Å². The second kappa shape index (κ2) is 7.91. The zero-order valence-corrected chi connectivity index (χ0v) is 15.6. The SMILES string of the molecule is COc1cccc(CN(Cc2ccc3c(c2)OCO3)C2=NCCCS2)c1. The number of hydrogen-bond donors (Lipinski definition) is 0. The Morgan fingerprint density at radius 3 is 2.73 bits per heavy atom. The van der Waals surface area contributed by atoms with Gasteiger partial charge in [-0.05, 0) is 41.8 Å². The van der Waals surface area contributed by atoms with Gasteiger partial charge in [-0.2, -0.15) is 0 Å². The number of rotatable bonds is 5. The molecule has 26 heavy (non-hydrogen) atoms. The number of nitrogens with zero attached hydrogens (tertiary/aromatic N) is 2. The maximum atomic E-state index is 5.52. The van der Waals surface area contributed by atoms with Crippen molar-refractivity contribution in [1.29, 1.82) is 0 Å². The van der Waals surface area contributed by atoms with Gasteiger partial charge in [0, 0.05) is 25.4 Å². The third kappa shape index (κ3) is 3.90. The summed E-state index contributed by atoms with van der Waals surface area (Å²) >= 11 is 1.83. The molecule has 0 amide bonds. The van der Waals surface area contributed by atoms with Crippen LogP contribution in [0, 0.1) is 0 Å². The minimum absolute atomic E-state index is 0.300. The van der Waals surface area contributed by atoms with E-state index in [-0.39, 0.29) is 0 Å². The quantitative estimate of drug-likeness (QED) is 0.798. The minimum atomic E-state index is 0.300. The normalized spacial score (nSPS) is 15.5. The average Bonchev–Trinajstić information content (AvgIpc) is 3.16. The van der Waals surface area contributed by atoms with Gasteiger partial charge in [-0.1, -0.05) is 30.0 Å². The topological polar surface area (TPSA) is 43.3 Å². The van der Waals surface area contributed by atoms with Crippen LogP contribution in [0.5, 0.6) is 17.2 Å². The average molecular weight is 370 g/mol. The molecule has 6 heteroatoms. The fourth-order valence-corrected chi connectivity index (χ4v) is 4.03. The Hall–Kier alpha value is -2.34. The summed E-state index contributed by atoms with van der Waals surface area (Å²) in [5, 5.41) is 1.11. The third-order valence-electron chi connectivity index (χ3n) is 4.37. The van der Waals surface area contributed by atoms with Crippen LogP contribution in [-0.4, -0.2) is 36.3 Å². The van der Waals surface area contributed by atoms with Crippen molar-refractivity contribution in [3.05, 3.63) is 53.6 Å². The fourth-order valence-electron chi connectivity index (χ4n) is 3.08. The van der Waals surface area contributed by atoms with Crippen molar-refractivity contribution in [3.63, 3.8) is 0 Å². The lowest BCUT2D eigenvalue weighted by Gasteiger charge is -2.28. The van der Waals surface area contributed by atoms with Crippen molar-refractivity contribution in [1.82, 2.24) is 4.90 Å². The number of amidine groups is 1. The summed E-state index contributed by atoms with van der Waals surface area (Å²) < 4.78 is 16.3. The van der Waals surface area contributed by atoms with Crippen LogP contribution in [0.25, 0.3) is 0 Å². The Labute approximate surface area is 158 Å². The van der Waals surface area contributed by atoms with Gasteiger partial charge in [-0.3, -0.25) is 4.99 Å². The van der Waals surface area contributed by atoms with Crippen LogP contribution in [-0.2, 0) is 13.1 Å². The molecule has 2 heterocycles. The van der Waals surface area contributed by atoms with E-state index in [9.17, 15) is 0 Å². The largest absolute Gasteiger partial charge is 0.497 e. The van der Waals surface area contributed by atoms with E-state index >= 15 is 0 Å². The lowest BCUT2D eigenvalue weighted by molar-refractivity contribution is 0.174. The maximum Gasteiger partial charge on any atom is 0.231 e. The molecule has 2 aromatic rings. The lowest BCUT2D eigenvalue weighted by atomic mass is 10.1. The zero-order valence-electron chi connectivity index (χ0n) is 14.8. The molecular weight excluding hydrogens is 348 g/mol. The van der Waals surface area contributed by atoms with Gasteiger partial charge in [0.2, 0.25) is 6.79 Å². The van der Waals surface area contributed by atoms with Crippen LogP contribution in [0.3, 0.4) is 0 Å². The monoisotopic (exact) mass is 370 g/mol. The Morgan fingerprint density at radius 2 is 1.92 bits per heavy atom. The van der Waals surface area contributed by atoms with Crippen LogP contribution in [0.4, 0.5) is 0 Å². The Kier molecular flexibility index (Phi) is 5.20. The van der Waals surface area contributed by atoms with Crippen molar-refractivity contribution in [2.45, 2.75) is 19.5 Å². The summed E-state index contributed by atoms with van der Waals surface area (Å²) in [6.45, 7) is 2.77. The third-order valence-corrected chi connectivity index (χ3v) is 5.51. The molecule has 0 radical (unpaired) electrons. The Morgan fingerprint density at radius 1 is 1.08 bits per heavy atom. The number of methoxy groups -OCH3 is 1. The maximum absolute atomic E-state index is 5.52. The second-order valence-electron chi connectivity index (χ2n) is 6.26. The highest BCUT2D eigenvalue weighted by Crippen LogP contribution is 2.33. The molecular formula is C20H22N2O3S. The van der Waals surface area contributed by atoms with Gasteiger partial charge >= 0.3 is 0 Å². The highest BCUT2D eigenvalue weighted by atomic mass is 32.2. The zero-order chi connectivity index (χ0) is 17.8. The molecule has 0 N–H and O–H groups in total. The highest BCUT2D eigenvalue weighted by molar-refractivity contribution is 8.13. The molecule has 0 fully saturated rings. The van der Waals surface area contributed by atoms with Crippen LogP contribution < -0.4 is 14.2 Å². The number of thioether (sulfide) groups is 1. The van der Waals surface area contributed by atoms with Crippen LogP contribution in [0.2, 0.25) is 0 Å². The van der Waals surface area contributed by atoms with Gasteiger partial charge in [0.15, 0.2) is 16.7 Å². The first kappa shape index (κ1) is 17.1. The molecule has 0 aromatic heterocycles. The van der Waals surface area contributed by atoms with Crippen LogP contribution in [0.15, 0.2) is 47.5 Å². The van der Waals surface area contributed by atoms with Gasteiger partial charge < -0.3 is 19.1 Å². The summed E-state index contributed by atoms with van der Waals surface area (Å²) in [6.07, 6.45) is 1.14. The first-order valence-electron chi connectivity index (χ1n) is 8.75. The second-order valence-corrected chi connectivity index (χ2v) is 7.32. The molecule has 0 saturated heterocycles. The predicted molar refractivity (Wildman–Crippen MR) is 104 cm³/mol. The Balaban J connectivity index is 1.57. The molecule has 2 aliphatic heterocycles. The summed E-state index contributed by atoms with van der Waals surface area (Å²) in [5.41, 5.74) is 2.39. The molecule has 2 aliphatic rings. The first-order valence-corrected chi connectivity index (χ1v) is 9.74. The van der Waals surface area contributed by atoms with Gasteiger partial charge in [0.1, 0.15) is 5.75 Å². The fraction of sp³-hybridized carbons (Fsp3) is 0.350. The summed E-state index contributed by atoms with van der Waals surface area (Å²) in [4.78, 5) is 7.09. The standard InChI is InChI=1S/C20H22N2O3S/c1-23-17-5-2-4-15(10-17)12-22(20-21-8-3-9-26-20)13-16-6-7-18-19(11-16)25-14-24-18/h2,4-7,10-11H,3,8-9,12-14H2,1H3. The molecule has 136 valence electrons. The van der Waals surface area contributed by atoms with E-state index in [0.29, 0.717) is 6.79 Å². The van der Waals surface area contributed by atoms with Gasteiger partial charge in [0.25, 0.3) is 0 Å². The van der Waals surface area contributed by atoms with Crippen molar-refractivity contribution >= 4 is 16.9 Å². The number of benzene rings is 2. The highest BCUT2D eigenvalue weighted by Gasteiger charge is 2.18. The molecule has 4 rings (SSSR count). The number of aliphatic imine (C=N–C) groups is 1. The van der Waals surface area contributed by atoms with E-state index in [0.717, 1.165) is 54.2 Å². The number of hydrogen-bond acceptors (Lipinski definition) is 6. The number of fused-ring (bicyclic) bond motifs is 1. The van der Waals surface area contributed by atoms with Crippen LogP contribution >= 0.6 is 11.8 Å². The van der Waals surface area contributed by atoms with Gasteiger partial charge in [-0.25, -0.2) is 0 Å². The van der Waals surface area contributed by atoms with E-state index in [1.807, 2.05) is 30.0 Å². The van der Waals surface area contributed by atoms with E-state index in [4.69, 9.17) is 19.2 Å². The molecule has 5 nitrogen and oxygen atoms in total. The van der Waals surface area contributed by atoms with E-state index < -0.39 is 0 Å². The molecule has 0 spiro atoms. The van der Waals surface area contributed by atoms with Crippen LogP contribution in [0.1, 0.15) is 17.5 Å². The molecule has 0 unspecified atom stereocenters. The number of ether oxygens (including phenoxy) is 3.